The minimum atomic E-state index is -0.514. The number of benzene rings is 1. The van der Waals surface area contributed by atoms with E-state index in [1.165, 1.54) is 17.3 Å². The predicted octanol–water partition coefficient (Wildman–Crippen LogP) is 4.91. The lowest BCUT2D eigenvalue weighted by Crippen LogP contribution is -2.47. The van der Waals surface area contributed by atoms with Crippen molar-refractivity contribution in [3.63, 3.8) is 0 Å². The highest BCUT2D eigenvalue weighted by molar-refractivity contribution is 6.04. The molecule has 10 nitrogen and oxygen atoms in total. The third-order valence-electron chi connectivity index (χ3n) is 8.50. The van der Waals surface area contributed by atoms with Crippen molar-refractivity contribution in [2.75, 3.05) is 45.6 Å². The molecule has 1 aliphatic heterocycles. The average molecular weight is 630 g/mol. The maximum Gasteiger partial charge on any atom is 0.386 e. The number of aryl methyl sites for hydroxylation is 2. The van der Waals surface area contributed by atoms with Gasteiger partial charge >= 0.3 is 5.91 Å². The number of ether oxygens (including phenoxy) is 1. The lowest BCUT2D eigenvalue weighted by atomic mass is 10.0. The van der Waals surface area contributed by atoms with Crippen LogP contribution in [0.4, 0.5) is 10.2 Å². The monoisotopic (exact) mass is 629 g/mol. The van der Waals surface area contributed by atoms with E-state index in [1.54, 1.807) is 46.1 Å². The zero-order valence-electron chi connectivity index (χ0n) is 27.4. The molecule has 3 heterocycles. The SMILES string of the molecule is CCC(=O)[N+]1=C(C)CN(C[C@H](Oc2cnc(C(=O)Nc3ncc(C(=O)N(C)C)cc3C)c(C)c2)c2ccc(C3CC3)c(F)c2)CC1. The Hall–Kier alpha value is -4.51. The lowest BCUT2D eigenvalue weighted by Gasteiger charge is -2.29. The Bertz CT molecular complexity index is 1700. The van der Waals surface area contributed by atoms with Crippen molar-refractivity contribution >= 4 is 29.3 Å². The second-order valence-electron chi connectivity index (χ2n) is 12.4. The van der Waals surface area contributed by atoms with Crippen molar-refractivity contribution in [3.8, 4) is 5.75 Å². The highest BCUT2D eigenvalue weighted by atomic mass is 19.1. The fraction of sp³-hybridized carbons (Fsp3) is 0.429. The van der Waals surface area contributed by atoms with Gasteiger partial charge in [0.2, 0.25) is 0 Å². The molecule has 2 aliphatic rings. The molecule has 2 aromatic heterocycles. The average Bonchev–Trinajstić information content (AvgIpc) is 3.86. The minimum absolute atomic E-state index is 0.107. The molecular formula is C35H42FN6O4+. The number of hydrogen-bond acceptors (Lipinski definition) is 7. The van der Waals surface area contributed by atoms with Crippen LogP contribution < -0.4 is 10.1 Å². The van der Waals surface area contributed by atoms with Gasteiger partial charge in [-0.2, -0.15) is 4.58 Å². The number of nitrogens with one attached hydrogen (secondary N) is 1. The van der Waals surface area contributed by atoms with E-state index in [1.807, 2.05) is 30.6 Å². The normalized spacial score (nSPS) is 15.8. The molecule has 1 fully saturated rings. The molecule has 46 heavy (non-hydrogen) atoms. The summed E-state index contributed by atoms with van der Waals surface area (Å²) in [6, 6.07) is 8.80. The third-order valence-corrected chi connectivity index (χ3v) is 8.50. The van der Waals surface area contributed by atoms with Crippen LogP contribution in [0.5, 0.6) is 5.75 Å². The summed E-state index contributed by atoms with van der Waals surface area (Å²) in [7, 11) is 3.33. The number of halogens is 1. The van der Waals surface area contributed by atoms with Gasteiger partial charge in [-0.1, -0.05) is 19.1 Å². The Labute approximate surface area is 269 Å². The highest BCUT2D eigenvalue weighted by Gasteiger charge is 2.31. The van der Waals surface area contributed by atoms with E-state index in [2.05, 4.69) is 20.2 Å². The van der Waals surface area contributed by atoms with Gasteiger partial charge in [-0.25, -0.2) is 19.2 Å². The van der Waals surface area contributed by atoms with Crippen LogP contribution in [0, 0.1) is 19.7 Å². The maximum absolute atomic E-state index is 15.2. The first-order valence-corrected chi connectivity index (χ1v) is 15.7. The summed E-state index contributed by atoms with van der Waals surface area (Å²) in [4.78, 5) is 50.2. The molecule has 1 atom stereocenters. The zero-order valence-corrected chi connectivity index (χ0v) is 27.4. The molecule has 3 amide bonds. The molecule has 11 heteroatoms. The number of pyridine rings is 2. The van der Waals surface area contributed by atoms with Gasteiger partial charge in [0.25, 0.3) is 11.8 Å². The van der Waals surface area contributed by atoms with Crippen LogP contribution in [-0.2, 0) is 4.79 Å². The van der Waals surface area contributed by atoms with Crippen LogP contribution in [0.3, 0.4) is 0 Å². The van der Waals surface area contributed by atoms with Gasteiger partial charge in [-0.15, -0.1) is 0 Å². The molecule has 1 aliphatic carbocycles. The van der Waals surface area contributed by atoms with Crippen LogP contribution >= 0.6 is 0 Å². The van der Waals surface area contributed by atoms with Gasteiger partial charge in [0.1, 0.15) is 29.2 Å². The molecule has 3 aromatic rings. The van der Waals surface area contributed by atoms with Crippen molar-refractivity contribution in [1.82, 2.24) is 19.8 Å². The molecule has 1 saturated carbocycles. The van der Waals surface area contributed by atoms with Crippen molar-refractivity contribution in [2.24, 2.45) is 0 Å². The van der Waals surface area contributed by atoms with Gasteiger partial charge in [-0.3, -0.25) is 14.5 Å². The van der Waals surface area contributed by atoms with Crippen LogP contribution in [-0.4, -0.2) is 88.1 Å². The number of aromatic nitrogens is 2. The summed E-state index contributed by atoms with van der Waals surface area (Å²) in [6.45, 7) is 9.71. The first-order chi connectivity index (χ1) is 21.9. The molecular weight excluding hydrogens is 587 g/mol. The summed E-state index contributed by atoms with van der Waals surface area (Å²) < 4.78 is 23.5. The van der Waals surface area contributed by atoms with Gasteiger partial charge in [0.05, 0.1) is 31.3 Å². The Morgan fingerprint density at radius 3 is 2.46 bits per heavy atom. The quantitative estimate of drug-likeness (QED) is 0.318. The van der Waals surface area contributed by atoms with E-state index in [4.69, 9.17) is 4.74 Å². The zero-order chi connectivity index (χ0) is 33.1. The fourth-order valence-corrected chi connectivity index (χ4v) is 5.78. The number of nitrogens with zero attached hydrogens (tertiary/aromatic N) is 5. The van der Waals surface area contributed by atoms with Crippen molar-refractivity contribution < 1.29 is 28.1 Å². The lowest BCUT2D eigenvalue weighted by molar-refractivity contribution is -0.457. The third kappa shape index (κ3) is 7.47. The van der Waals surface area contributed by atoms with E-state index in [-0.39, 0.29) is 29.2 Å². The van der Waals surface area contributed by atoms with E-state index < -0.39 is 12.0 Å². The Morgan fingerprint density at radius 2 is 1.85 bits per heavy atom. The largest absolute Gasteiger partial charge is 0.483 e. The first-order valence-electron chi connectivity index (χ1n) is 15.7. The summed E-state index contributed by atoms with van der Waals surface area (Å²) in [5, 5.41) is 2.79. The smallest absolute Gasteiger partial charge is 0.386 e. The maximum atomic E-state index is 15.2. The molecule has 0 spiro atoms. The minimum Gasteiger partial charge on any atom is -0.483 e. The summed E-state index contributed by atoms with van der Waals surface area (Å²) in [5.41, 5.74) is 4.31. The van der Waals surface area contributed by atoms with Crippen LogP contribution in [0.1, 0.15) is 88.2 Å². The van der Waals surface area contributed by atoms with Crippen LogP contribution in [0.25, 0.3) is 0 Å². The number of hydrogen-bond donors (Lipinski definition) is 1. The summed E-state index contributed by atoms with van der Waals surface area (Å²) in [6.07, 6.45) is 4.89. The van der Waals surface area contributed by atoms with Crippen molar-refractivity contribution in [3.05, 3.63) is 82.1 Å². The van der Waals surface area contributed by atoms with E-state index in [0.29, 0.717) is 66.4 Å². The number of rotatable bonds is 10. The fourth-order valence-electron chi connectivity index (χ4n) is 5.78. The number of amides is 3. The molecule has 0 radical (unpaired) electrons. The second kappa shape index (κ2) is 13.9. The second-order valence-corrected chi connectivity index (χ2v) is 12.4. The molecule has 0 saturated heterocycles. The van der Waals surface area contributed by atoms with Gasteiger partial charge < -0.3 is 15.0 Å². The van der Waals surface area contributed by atoms with Gasteiger partial charge in [-0.05, 0) is 73.1 Å². The summed E-state index contributed by atoms with van der Waals surface area (Å²) >= 11 is 0. The van der Waals surface area contributed by atoms with Crippen molar-refractivity contribution in [1.29, 1.82) is 0 Å². The Balaban J connectivity index is 1.34. The van der Waals surface area contributed by atoms with Crippen LogP contribution in [0.2, 0.25) is 0 Å². The number of anilines is 1. The van der Waals surface area contributed by atoms with Crippen LogP contribution in [0.15, 0.2) is 42.7 Å². The van der Waals surface area contributed by atoms with E-state index in [9.17, 15) is 14.4 Å². The molecule has 1 aromatic carbocycles. The Kier molecular flexibility index (Phi) is 9.91. The van der Waals surface area contributed by atoms with E-state index >= 15 is 4.39 Å². The van der Waals surface area contributed by atoms with Gasteiger partial charge in [0, 0.05) is 33.8 Å². The molecule has 5 rings (SSSR count). The molecule has 1 N–H and O–H groups in total. The molecule has 242 valence electrons. The standard InChI is InChI=1S/C35H41FN6O4/c1-7-31(43)42-13-12-41(19-23(42)4)20-30(25-10-11-28(24-8-9-24)29(36)16-25)46-27-15-21(2)32(37-18-27)34(44)39-33-22(3)14-26(17-38-33)35(45)40(5)6/h10-11,14-18,24,30H,7-9,12-13,19-20H2,1-6H3/p+1/t30-/m0/s1. The Morgan fingerprint density at radius 1 is 1.09 bits per heavy atom. The topological polar surface area (TPSA) is 108 Å². The summed E-state index contributed by atoms with van der Waals surface area (Å²) in [5.74, 6) is 0.348. The molecule has 0 unspecified atom stereocenters. The first kappa shape index (κ1) is 32.9. The predicted molar refractivity (Wildman–Crippen MR) is 173 cm³/mol. The highest BCUT2D eigenvalue weighted by Crippen LogP contribution is 2.42. The molecule has 0 bridgehead atoms. The van der Waals surface area contributed by atoms with Gasteiger partial charge in [0.15, 0.2) is 12.3 Å². The van der Waals surface area contributed by atoms with E-state index in [0.717, 1.165) is 24.1 Å². The number of carbonyl (C=O) groups is 3. The number of carbonyl (C=O) groups excluding carboxylic acids is 3. The van der Waals surface area contributed by atoms with Crippen molar-refractivity contribution in [2.45, 2.75) is 59.0 Å².